The first-order valence-corrected chi connectivity index (χ1v) is 17.1. The molecule has 2 aromatic carbocycles. The van der Waals surface area contributed by atoms with E-state index in [-0.39, 0.29) is 38.6 Å². The molecule has 0 radical (unpaired) electrons. The van der Waals surface area contributed by atoms with E-state index in [1.54, 1.807) is 57.4 Å². The first-order chi connectivity index (χ1) is 24.9. The second-order valence-electron chi connectivity index (χ2n) is 13.7. The minimum atomic E-state index is -1.23. The Bertz CT molecular complexity index is 1570. The molecule has 1 aromatic heterocycles. The number of carbonyl (C=O) groups excluding carboxylic acids is 3. The zero-order valence-electron chi connectivity index (χ0n) is 30.3. The van der Waals surface area contributed by atoms with Gasteiger partial charge in [-0.2, -0.15) is 0 Å². The van der Waals surface area contributed by atoms with Crippen LogP contribution in [0.1, 0.15) is 38.3 Å². The van der Waals surface area contributed by atoms with Crippen molar-refractivity contribution in [2.45, 2.75) is 64.4 Å². The van der Waals surface area contributed by atoms with Gasteiger partial charge in [0, 0.05) is 43.6 Å². The van der Waals surface area contributed by atoms with Gasteiger partial charge in [0.2, 0.25) is 0 Å². The van der Waals surface area contributed by atoms with Crippen molar-refractivity contribution in [1.82, 2.24) is 31.0 Å². The zero-order chi connectivity index (χ0) is 37.7. The summed E-state index contributed by atoms with van der Waals surface area (Å²) < 4.78 is 21.2. The SMILES string of the molecule is COC(=O)N[C@H](C(=O)NN(Cc1ccc(-c2cncnc2)cc1)C[C@H](O)[C@H](Cc1ccc(OC)cc1)NC(=O)OC1COC[C@H]1CCO)C(C)(C)C. The van der Waals surface area contributed by atoms with Crippen molar-refractivity contribution in [2.24, 2.45) is 11.3 Å². The van der Waals surface area contributed by atoms with Crippen LogP contribution in [0.15, 0.2) is 67.3 Å². The molecule has 5 N–H and O–H groups in total. The molecule has 1 saturated heterocycles. The largest absolute Gasteiger partial charge is 0.497 e. The number of alkyl carbamates (subject to hydrolysis) is 2. The number of aliphatic hydroxyl groups excluding tert-OH is 2. The van der Waals surface area contributed by atoms with Crippen LogP contribution in [0, 0.1) is 11.3 Å². The molecule has 1 aliphatic heterocycles. The van der Waals surface area contributed by atoms with Gasteiger partial charge < -0.3 is 39.8 Å². The minimum absolute atomic E-state index is 0.0650. The van der Waals surface area contributed by atoms with Gasteiger partial charge in [0.25, 0.3) is 5.91 Å². The third-order valence-corrected chi connectivity index (χ3v) is 8.75. The van der Waals surface area contributed by atoms with Gasteiger partial charge in [-0.1, -0.05) is 57.2 Å². The number of methoxy groups -OCH3 is 2. The van der Waals surface area contributed by atoms with Gasteiger partial charge in [0.1, 0.15) is 24.2 Å². The maximum atomic E-state index is 13.8. The van der Waals surface area contributed by atoms with E-state index in [0.717, 1.165) is 22.3 Å². The minimum Gasteiger partial charge on any atom is -0.497 e. The van der Waals surface area contributed by atoms with E-state index in [1.165, 1.54) is 13.4 Å². The van der Waals surface area contributed by atoms with E-state index >= 15 is 0 Å². The number of nitrogens with zero attached hydrogens (tertiary/aromatic N) is 3. The number of hydrazine groups is 1. The van der Waals surface area contributed by atoms with Crippen molar-refractivity contribution in [3.05, 3.63) is 78.4 Å². The van der Waals surface area contributed by atoms with E-state index in [4.69, 9.17) is 18.9 Å². The number of carbonyl (C=O) groups is 3. The van der Waals surface area contributed by atoms with Crippen molar-refractivity contribution in [3.63, 3.8) is 0 Å². The highest BCUT2D eigenvalue weighted by molar-refractivity contribution is 5.86. The summed E-state index contributed by atoms with van der Waals surface area (Å²) >= 11 is 0. The zero-order valence-corrected chi connectivity index (χ0v) is 30.3. The summed E-state index contributed by atoms with van der Waals surface area (Å²) in [5.74, 6) is -0.0296. The standard InChI is InChI=1S/C37H50N6O9/c1-37(2,3)33(41-35(47)50-5)34(46)42-43(19-25-6-10-26(11-7-25)28-17-38-23-39-18-28)20-31(45)30(16-24-8-12-29(49-4)13-9-24)40-36(48)52-32-22-51-21-27(32)14-15-44/h6-13,17-18,23,27,30-33,44-45H,14-16,19-22H2,1-5H3,(H,40,48)(H,41,47)(H,42,46)/t27-,30+,31+,32?,33-/m1/s1. The fourth-order valence-corrected chi connectivity index (χ4v) is 5.81. The Hall–Kier alpha value is -4.83. The van der Waals surface area contributed by atoms with E-state index in [9.17, 15) is 24.6 Å². The maximum Gasteiger partial charge on any atom is 0.407 e. The molecular formula is C37H50N6O9. The number of hydrogen-bond donors (Lipinski definition) is 5. The van der Waals surface area contributed by atoms with Crippen LogP contribution >= 0.6 is 0 Å². The first-order valence-electron chi connectivity index (χ1n) is 17.1. The Morgan fingerprint density at radius 2 is 1.62 bits per heavy atom. The highest BCUT2D eigenvalue weighted by Gasteiger charge is 2.36. The molecule has 3 aromatic rings. The third kappa shape index (κ3) is 11.9. The molecule has 2 heterocycles. The predicted molar refractivity (Wildman–Crippen MR) is 191 cm³/mol. The molecule has 0 saturated carbocycles. The van der Waals surface area contributed by atoms with E-state index < -0.39 is 47.8 Å². The molecule has 5 atom stereocenters. The third-order valence-electron chi connectivity index (χ3n) is 8.75. The summed E-state index contributed by atoms with van der Waals surface area (Å²) in [5, 5.41) is 28.2. The molecule has 4 rings (SSSR count). The summed E-state index contributed by atoms with van der Waals surface area (Å²) in [6, 6.07) is 12.9. The lowest BCUT2D eigenvalue weighted by Gasteiger charge is -2.34. The summed E-state index contributed by atoms with van der Waals surface area (Å²) in [4.78, 5) is 47.4. The maximum absolute atomic E-state index is 13.8. The number of amides is 3. The van der Waals surface area contributed by atoms with Crippen LogP contribution in [0.25, 0.3) is 11.1 Å². The summed E-state index contributed by atoms with van der Waals surface area (Å²) in [6.07, 6.45) is 2.21. The van der Waals surface area contributed by atoms with Gasteiger partial charge in [-0.05, 0) is 47.1 Å². The Balaban J connectivity index is 1.59. The fourth-order valence-electron chi connectivity index (χ4n) is 5.81. The van der Waals surface area contributed by atoms with Crippen LogP contribution in [-0.4, -0.2) is 108 Å². The van der Waals surface area contributed by atoms with Crippen LogP contribution in [0.3, 0.4) is 0 Å². The molecule has 0 aliphatic carbocycles. The molecule has 15 nitrogen and oxygen atoms in total. The van der Waals surface area contributed by atoms with Crippen LogP contribution in [0.4, 0.5) is 9.59 Å². The molecule has 15 heteroatoms. The number of aromatic nitrogens is 2. The highest BCUT2D eigenvalue weighted by Crippen LogP contribution is 2.23. The number of hydrogen-bond acceptors (Lipinski definition) is 12. The van der Waals surface area contributed by atoms with Crippen molar-refractivity contribution >= 4 is 18.1 Å². The lowest BCUT2D eigenvalue weighted by molar-refractivity contribution is -0.131. The predicted octanol–water partition coefficient (Wildman–Crippen LogP) is 2.85. The van der Waals surface area contributed by atoms with Crippen LogP contribution in [0.2, 0.25) is 0 Å². The lowest BCUT2D eigenvalue weighted by atomic mass is 9.86. The van der Waals surface area contributed by atoms with Gasteiger partial charge in [-0.3, -0.25) is 10.2 Å². The van der Waals surface area contributed by atoms with Gasteiger partial charge >= 0.3 is 12.2 Å². The average Bonchev–Trinajstić information content (AvgIpc) is 3.56. The Labute approximate surface area is 304 Å². The molecule has 0 spiro atoms. The number of benzene rings is 2. The average molecular weight is 723 g/mol. The van der Waals surface area contributed by atoms with Crippen LogP contribution in [0.5, 0.6) is 5.75 Å². The van der Waals surface area contributed by atoms with Crippen LogP contribution < -0.4 is 20.8 Å². The quantitative estimate of drug-likeness (QED) is 0.136. The Morgan fingerprint density at radius 1 is 0.942 bits per heavy atom. The molecule has 0 bridgehead atoms. The Kier molecular flexibility index (Phi) is 14.7. The molecular weight excluding hydrogens is 672 g/mol. The molecule has 3 amide bonds. The molecule has 1 unspecified atom stereocenters. The smallest absolute Gasteiger partial charge is 0.407 e. The van der Waals surface area contributed by atoms with E-state index in [0.29, 0.717) is 18.8 Å². The Morgan fingerprint density at radius 3 is 2.23 bits per heavy atom. The number of ether oxygens (including phenoxy) is 4. The highest BCUT2D eigenvalue weighted by atomic mass is 16.6. The summed E-state index contributed by atoms with van der Waals surface area (Å²) in [7, 11) is 2.78. The van der Waals surface area contributed by atoms with Gasteiger partial charge in [-0.15, -0.1) is 0 Å². The van der Waals surface area contributed by atoms with Crippen molar-refractivity contribution in [2.75, 3.05) is 40.6 Å². The monoisotopic (exact) mass is 722 g/mol. The van der Waals surface area contributed by atoms with Crippen molar-refractivity contribution in [3.8, 4) is 16.9 Å². The van der Waals surface area contributed by atoms with Gasteiger partial charge in [0.15, 0.2) is 0 Å². The van der Waals surface area contributed by atoms with Gasteiger partial charge in [0.05, 0.1) is 39.6 Å². The van der Waals surface area contributed by atoms with Crippen molar-refractivity contribution in [1.29, 1.82) is 0 Å². The second kappa shape index (κ2) is 19.1. The van der Waals surface area contributed by atoms with Crippen LogP contribution in [-0.2, 0) is 32.0 Å². The lowest BCUT2D eigenvalue weighted by Crippen LogP contribution is -2.59. The molecule has 282 valence electrons. The topological polar surface area (TPSA) is 194 Å². The number of aliphatic hydroxyl groups is 2. The normalized spacial score (nSPS) is 17.5. The molecule has 1 fully saturated rings. The first kappa shape index (κ1) is 39.9. The molecule has 52 heavy (non-hydrogen) atoms. The van der Waals surface area contributed by atoms with E-state index in [2.05, 4.69) is 26.0 Å². The second-order valence-corrected chi connectivity index (χ2v) is 13.7. The summed E-state index contributed by atoms with van der Waals surface area (Å²) in [6.45, 7) is 5.95. The summed E-state index contributed by atoms with van der Waals surface area (Å²) in [5.41, 5.74) is 5.52. The van der Waals surface area contributed by atoms with Gasteiger partial charge in [-0.25, -0.2) is 24.6 Å². The fraction of sp³-hybridized carbons (Fsp3) is 0.486. The molecule has 1 aliphatic rings. The number of nitrogens with one attached hydrogen (secondary N) is 3. The number of rotatable bonds is 16. The van der Waals surface area contributed by atoms with Crippen molar-refractivity contribution < 1.29 is 43.5 Å². The van der Waals surface area contributed by atoms with E-state index in [1.807, 2.05) is 36.4 Å².